The van der Waals surface area contributed by atoms with Crippen molar-refractivity contribution >= 4 is 12.1 Å². The first-order valence-corrected chi connectivity index (χ1v) is 9.17. The molecule has 0 unspecified atom stereocenters. The summed E-state index contributed by atoms with van der Waals surface area (Å²) in [6, 6.07) is 4.59. The highest BCUT2D eigenvalue weighted by Gasteiger charge is 2.15. The second-order valence-electron chi connectivity index (χ2n) is 6.99. The van der Waals surface area contributed by atoms with Crippen molar-refractivity contribution in [1.29, 1.82) is 0 Å². The molecule has 3 N–H and O–H groups in total. The van der Waals surface area contributed by atoms with Crippen LogP contribution in [0.15, 0.2) is 23.2 Å². The summed E-state index contributed by atoms with van der Waals surface area (Å²) in [4.78, 5) is 15.6. The lowest BCUT2D eigenvalue weighted by molar-refractivity contribution is -0.0505. The molecule has 164 valence electrons. The minimum Gasteiger partial charge on any atom is -0.497 e. The van der Waals surface area contributed by atoms with Gasteiger partial charge in [0.2, 0.25) is 0 Å². The predicted octanol–water partition coefficient (Wildman–Crippen LogP) is 2.88. The van der Waals surface area contributed by atoms with E-state index in [0.29, 0.717) is 36.8 Å². The van der Waals surface area contributed by atoms with Gasteiger partial charge in [-0.15, -0.1) is 0 Å². The molecule has 0 saturated carbocycles. The van der Waals surface area contributed by atoms with Gasteiger partial charge in [-0.1, -0.05) is 0 Å². The number of amides is 1. The van der Waals surface area contributed by atoms with Gasteiger partial charge in [0.25, 0.3) is 0 Å². The fraction of sp³-hybridized carbons (Fsp3) is 0.579. The van der Waals surface area contributed by atoms with Crippen molar-refractivity contribution in [2.24, 2.45) is 4.99 Å². The smallest absolute Gasteiger partial charge is 0.407 e. The monoisotopic (exact) mass is 416 g/mol. The lowest BCUT2D eigenvalue weighted by Crippen LogP contribution is -2.39. The molecule has 0 saturated heterocycles. The molecule has 29 heavy (non-hydrogen) atoms. The Hall–Kier alpha value is -2.78. The highest BCUT2D eigenvalue weighted by Crippen LogP contribution is 2.25. The number of hydrogen-bond acceptors (Lipinski definition) is 5. The summed E-state index contributed by atoms with van der Waals surface area (Å²) >= 11 is 0. The van der Waals surface area contributed by atoms with Gasteiger partial charge in [0.05, 0.1) is 7.11 Å². The van der Waals surface area contributed by atoms with Crippen LogP contribution in [0.1, 0.15) is 32.8 Å². The molecule has 1 aromatic carbocycles. The second kappa shape index (κ2) is 11.9. The van der Waals surface area contributed by atoms with Crippen molar-refractivity contribution in [3.8, 4) is 11.5 Å². The number of aliphatic imine (C=N–C) groups is 1. The minimum atomic E-state index is -2.92. The van der Waals surface area contributed by atoms with Crippen LogP contribution in [0, 0.1) is 0 Å². The Morgan fingerprint density at radius 1 is 1.17 bits per heavy atom. The Kier molecular flexibility index (Phi) is 9.98. The summed E-state index contributed by atoms with van der Waals surface area (Å²) in [7, 11) is 3.09. The van der Waals surface area contributed by atoms with Gasteiger partial charge in [-0.3, -0.25) is 4.99 Å². The zero-order valence-corrected chi connectivity index (χ0v) is 17.5. The fourth-order valence-electron chi connectivity index (χ4n) is 2.23. The van der Waals surface area contributed by atoms with Gasteiger partial charge >= 0.3 is 12.7 Å². The van der Waals surface area contributed by atoms with Crippen LogP contribution in [0.5, 0.6) is 11.5 Å². The van der Waals surface area contributed by atoms with Crippen LogP contribution in [0.25, 0.3) is 0 Å². The quantitative estimate of drug-likeness (QED) is 0.326. The third-order valence-electron chi connectivity index (χ3n) is 3.47. The number of alkyl carbamates (subject to hydrolysis) is 1. The molecule has 0 radical (unpaired) electrons. The second-order valence-corrected chi connectivity index (χ2v) is 6.99. The van der Waals surface area contributed by atoms with Gasteiger partial charge < -0.3 is 30.2 Å². The summed E-state index contributed by atoms with van der Waals surface area (Å²) in [5.74, 6) is 1.07. The average molecular weight is 416 g/mol. The van der Waals surface area contributed by atoms with E-state index in [1.807, 2.05) is 0 Å². The van der Waals surface area contributed by atoms with Gasteiger partial charge in [0, 0.05) is 32.2 Å². The van der Waals surface area contributed by atoms with Crippen LogP contribution in [0.3, 0.4) is 0 Å². The maximum Gasteiger partial charge on any atom is 0.407 e. The van der Waals surface area contributed by atoms with Crippen molar-refractivity contribution in [2.45, 2.75) is 45.9 Å². The van der Waals surface area contributed by atoms with Crippen LogP contribution in [0.4, 0.5) is 13.6 Å². The molecule has 8 nitrogen and oxygen atoms in total. The maximum atomic E-state index is 12.6. The normalized spacial score (nSPS) is 11.8. The molecular formula is C19H30F2N4O4. The molecule has 10 heteroatoms. The standard InChI is InChI=1S/C19H30F2N4O4/c1-19(2,3)29-18(26)24-10-6-9-23-17(22-4)25-12-13-11-14(27-5)7-8-15(13)28-16(20)21/h7-8,11,16H,6,9-10,12H2,1-5H3,(H,24,26)(H2,22,23,25). The number of nitrogens with zero attached hydrogens (tertiary/aromatic N) is 1. The van der Waals surface area contributed by atoms with E-state index < -0.39 is 18.3 Å². The summed E-state index contributed by atoms with van der Waals surface area (Å²) < 4.78 is 40.0. The van der Waals surface area contributed by atoms with Gasteiger partial charge in [-0.2, -0.15) is 8.78 Å². The van der Waals surface area contributed by atoms with E-state index >= 15 is 0 Å². The summed E-state index contributed by atoms with van der Waals surface area (Å²) in [6.45, 7) is 3.64. The summed E-state index contributed by atoms with van der Waals surface area (Å²) in [5, 5.41) is 8.77. The number of nitrogens with one attached hydrogen (secondary N) is 3. The van der Waals surface area contributed by atoms with E-state index in [2.05, 4.69) is 25.7 Å². The highest BCUT2D eigenvalue weighted by molar-refractivity contribution is 5.79. The van der Waals surface area contributed by atoms with Crippen molar-refractivity contribution in [1.82, 2.24) is 16.0 Å². The number of carbonyl (C=O) groups is 1. The van der Waals surface area contributed by atoms with Gasteiger partial charge in [0.15, 0.2) is 5.96 Å². The third-order valence-corrected chi connectivity index (χ3v) is 3.47. The van der Waals surface area contributed by atoms with Crippen LogP contribution < -0.4 is 25.4 Å². The van der Waals surface area contributed by atoms with E-state index in [9.17, 15) is 13.6 Å². The van der Waals surface area contributed by atoms with Crippen LogP contribution in [-0.4, -0.2) is 51.5 Å². The van der Waals surface area contributed by atoms with Crippen LogP contribution in [-0.2, 0) is 11.3 Å². The lowest BCUT2D eigenvalue weighted by atomic mass is 10.2. The molecule has 0 aliphatic carbocycles. The van der Waals surface area contributed by atoms with Crippen molar-refractivity contribution in [2.75, 3.05) is 27.2 Å². The topological polar surface area (TPSA) is 93.2 Å². The zero-order chi connectivity index (χ0) is 21.9. The Bertz CT molecular complexity index is 679. The van der Waals surface area contributed by atoms with Crippen LogP contribution >= 0.6 is 0 Å². The number of hydrogen-bond donors (Lipinski definition) is 3. The van der Waals surface area contributed by atoms with E-state index in [1.54, 1.807) is 40.0 Å². The number of alkyl halides is 2. The molecule has 1 amide bonds. The molecule has 1 aromatic rings. The summed E-state index contributed by atoms with van der Waals surface area (Å²) in [5.41, 5.74) is -0.0411. The molecule has 0 aliphatic rings. The van der Waals surface area contributed by atoms with Crippen molar-refractivity contribution in [3.05, 3.63) is 23.8 Å². The average Bonchev–Trinajstić information content (AvgIpc) is 2.63. The first-order chi connectivity index (χ1) is 13.6. The molecule has 0 atom stereocenters. The largest absolute Gasteiger partial charge is 0.497 e. The number of halogens is 2. The number of ether oxygens (including phenoxy) is 3. The van der Waals surface area contributed by atoms with E-state index in [1.165, 1.54) is 13.2 Å². The minimum absolute atomic E-state index is 0.0605. The number of carbonyl (C=O) groups excluding carboxylic acids is 1. The van der Waals surface area contributed by atoms with E-state index in [-0.39, 0.29) is 12.3 Å². The molecule has 0 fully saturated rings. The molecule has 0 bridgehead atoms. The Morgan fingerprint density at radius 2 is 1.86 bits per heavy atom. The van der Waals surface area contributed by atoms with Gasteiger partial charge in [-0.05, 0) is 45.4 Å². The summed E-state index contributed by atoms with van der Waals surface area (Å²) in [6.07, 6.45) is 0.170. The van der Waals surface area contributed by atoms with Crippen molar-refractivity contribution < 1.29 is 27.8 Å². The number of rotatable bonds is 9. The van der Waals surface area contributed by atoms with Crippen LogP contribution in [0.2, 0.25) is 0 Å². The van der Waals surface area contributed by atoms with Gasteiger partial charge in [0.1, 0.15) is 17.1 Å². The SMILES string of the molecule is CN=C(NCCCNC(=O)OC(C)(C)C)NCc1cc(OC)ccc1OC(F)F. The number of guanidine groups is 1. The Labute approximate surface area is 170 Å². The molecule has 0 heterocycles. The zero-order valence-electron chi connectivity index (χ0n) is 17.5. The number of methoxy groups -OCH3 is 1. The Morgan fingerprint density at radius 3 is 2.45 bits per heavy atom. The van der Waals surface area contributed by atoms with E-state index in [0.717, 1.165) is 0 Å². The molecule has 0 aliphatic heterocycles. The first kappa shape index (κ1) is 24.3. The maximum absolute atomic E-state index is 12.6. The van der Waals surface area contributed by atoms with Crippen molar-refractivity contribution in [3.63, 3.8) is 0 Å². The fourth-order valence-corrected chi connectivity index (χ4v) is 2.23. The van der Waals surface area contributed by atoms with Gasteiger partial charge in [-0.25, -0.2) is 4.79 Å². The lowest BCUT2D eigenvalue weighted by Gasteiger charge is -2.19. The highest BCUT2D eigenvalue weighted by atomic mass is 19.3. The molecular weight excluding hydrogens is 386 g/mol. The molecule has 0 spiro atoms. The number of benzene rings is 1. The molecule has 0 aromatic heterocycles. The molecule has 1 rings (SSSR count). The van der Waals surface area contributed by atoms with E-state index in [4.69, 9.17) is 9.47 Å². The first-order valence-electron chi connectivity index (χ1n) is 9.17. The third kappa shape index (κ3) is 10.4. The predicted molar refractivity (Wildman–Crippen MR) is 107 cm³/mol. The Balaban J connectivity index is 2.46.